The summed E-state index contributed by atoms with van der Waals surface area (Å²) in [6, 6.07) is 16.0. The quantitative estimate of drug-likeness (QED) is 0.426. The molecule has 2 aliphatic heterocycles. The monoisotopic (exact) mass is 452 g/mol. The number of hydrogen-bond acceptors (Lipinski definition) is 4. The number of benzene rings is 2. The predicted octanol–water partition coefficient (Wildman–Crippen LogP) is 4.56. The normalized spacial score (nSPS) is 14.2. The van der Waals surface area contributed by atoms with Crippen LogP contribution in [0, 0.1) is 13.8 Å². The van der Waals surface area contributed by atoms with Crippen molar-refractivity contribution in [1.29, 1.82) is 0 Å². The summed E-state index contributed by atoms with van der Waals surface area (Å²) >= 11 is 0. The van der Waals surface area contributed by atoms with Crippen molar-refractivity contribution < 1.29 is 14.3 Å². The number of carbonyl (C=O) groups is 1. The van der Waals surface area contributed by atoms with E-state index < -0.39 is 0 Å². The van der Waals surface area contributed by atoms with Gasteiger partial charge in [-0.15, -0.1) is 0 Å². The van der Waals surface area contributed by atoms with Crippen LogP contribution >= 0.6 is 0 Å². The zero-order chi connectivity index (χ0) is 23.2. The van der Waals surface area contributed by atoms with E-state index in [9.17, 15) is 4.79 Å². The van der Waals surface area contributed by atoms with Gasteiger partial charge in [0.15, 0.2) is 11.5 Å². The van der Waals surface area contributed by atoms with Crippen LogP contribution in [-0.2, 0) is 17.9 Å². The smallest absolute Gasteiger partial charge is 0.247 e. The SMILES string of the molecule is Cc1ccc(-n2nc3c(c2-n2cccc2)CN(C(=O)/C=C/c2ccc4c(c2)OCO4)C3)cc1C. The molecule has 6 rings (SSSR count). The molecule has 2 aromatic heterocycles. The first-order valence-electron chi connectivity index (χ1n) is 11.3. The Labute approximate surface area is 197 Å². The van der Waals surface area contributed by atoms with Gasteiger partial charge in [0.1, 0.15) is 5.82 Å². The summed E-state index contributed by atoms with van der Waals surface area (Å²) in [5.41, 5.74) is 6.37. The standard InChI is InChI=1S/C27H24N4O3/c1-18-5-8-21(13-19(18)2)31-27(29-11-3-4-12-29)22-15-30(16-23(22)28-31)26(32)10-7-20-6-9-24-25(14-20)34-17-33-24/h3-14H,15-17H2,1-2H3/b10-7+. The van der Waals surface area contributed by atoms with E-state index in [0.29, 0.717) is 18.8 Å². The van der Waals surface area contributed by atoms with Crippen LogP contribution in [0.25, 0.3) is 17.6 Å². The van der Waals surface area contributed by atoms with Crippen LogP contribution in [-0.4, -0.2) is 31.9 Å². The lowest BCUT2D eigenvalue weighted by Gasteiger charge is -2.16. The van der Waals surface area contributed by atoms with Crippen LogP contribution in [0.3, 0.4) is 0 Å². The Kier molecular flexibility index (Phi) is 4.76. The molecule has 2 aromatic carbocycles. The van der Waals surface area contributed by atoms with Gasteiger partial charge in [0.25, 0.3) is 0 Å². The largest absolute Gasteiger partial charge is 0.454 e. The number of hydrogen-bond donors (Lipinski definition) is 0. The highest BCUT2D eigenvalue weighted by molar-refractivity contribution is 5.92. The third kappa shape index (κ3) is 3.46. The van der Waals surface area contributed by atoms with Gasteiger partial charge >= 0.3 is 0 Å². The second kappa shape index (κ2) is 7.95. The van der Waals surface area contributed by atoms with Gasteiger partial charge in [-0.1, -0.05) is 12.1 Å². The van der Waals surface area contributed by atoms with Gasteiger partial charge in [0.2, 0.25) is 12.7 Å². The number of aryl methyl sites for hydroxylation is 2. The Morgan fingerprint density at radius 1 is 0.971 bits per heavy atom. The average Bonchev–Trinajstić information content (AvgIpc) is 3.62. The maximum atomic E-state index is 13.0. The van der Waals surface area contributed by atoms with Crippen molar-refractivity contribution in [2.45, 2.75) is 26.9 Å². The van der Waals surface area contributed by atoms with Crippen molar-refractivity contribution in [2.75, 3.05) is 6.79 Å². The van der Waals surface area contributed by atoms with Crippen LogP contribution in [0.2, 0.25) is 0 Å². The van der Waals surface area contributed by atoms with E-state index in [-0.39, 0.29) is 12.7 Å². The van der Waals surface area contributed by atoms with E-state index in [4.69, 9.17) is 14.6 Å². The first-order valence-corrected chi connectivity index (χ1v) is 11.3. The highest BCUT2D eigenvalue weighted by Crippen LogP contribution is 2.33. The molecular formula is C27H24N4O3. The lowest BCUT2D eigenvalue weighted by molar-refractivity contribution is -0.126. The Morgan fingerprint density at radius 2 is 1.79 bits per heavy atom. The molecule has 170 valence electrons. The summed E-state index contributed by atoms with van der Waals surface area (Å²) in [6.07, 6.45) is 7.44. The van der Waals surface area contributed by atoms with Crippen molar-refractivity contribution in [3.8, 4) is 23.0 Å². The lowest BCUT2D eigenvalue weighted by atomic mass is 10.1. The number of nitrogens with zero attached hydrogens (tertiary/aromatic N) is 4. The molecular weight excluding hydrogens is 428 g/mol. The maximum Gasteiger partial charge on any atom is 0.247 e. The number of fused-ring (bicyclic) bond motifs is 2. The first kappa shape index (κ1) is 20.4. The minimum Gasteiger partial charge on any atom is -0.454 e. The van der Waals surface area contributed by atoms with E-state index in [1.165, 1.54) is 11.1 Å². The zero-order valence-electron chi connectivity index (χ0n) is 19.1. The van der Waals surface area contributed by atoms with E-state index in [0.717, 1.165) is 34.1 Å². The fourth-order valence-corrected chi connectivity index (χ4v) is 4.43. The van der Waals surface area contributed by atoms with Gasteiger partial charge < -0.3 is 18.9 Å². The molecule has 0 atom stereocenters. The topological polar surface area (TPSA) is 61.5 Å². The van der Waals surface area contributed by atoms with E-state index in [2.05, 4.69) is 36.6 Å². The highest BCUT2D eigenvalue weighted by atomic mass is 16.7. The molecule has 2 aliphatic rings. The van der Waals surface area contributed by atoms with Crippen molar-refractivity contribution in [2.24, 2.45) is 0 Å². The molecule has 0 fully saturated rings. The molecule has 4 heterocycles. The molecule has 0 spiro atoms. The second-order valence-corrected chi connectivity index (χ2v) is 8.66. The Bertz CT molecular complexity index is 1430. The number of ether oxygens (including phenoxy) is 2. The molecule has 0 N–H and O–H groups in total. The Balaban J connectivity index is 1.28. The van der Waals surface area contributed by atoms with E-state index in [1.807, 2.05) is 58.4 Å². The van der Waals surface area contributed by atoms with Crippen LogP contribution in [0.4, 0.5) is 0 Å². The van der Waals surface area contributed by atoms with E-state index in [1.54, 1.807) is 6.08 Å². The van der Waals surface area contributed by atoms with Gasteiger partial charge in [0, 0.05) is 24.0 Å². The van der Waals surface area contributed by atoms with Gasteiger partial charge in [-0.25, -0.2) is 4.68 Å². The number of rotatable bonds is 4. The third-order valence-corrected chi connectivity index (χ3v) is 6.44. The summed E-state index contributed by atoms with van der Waals surface area (Å²) in [4.78, 5) is 14.8. The molecule has 7 nitrogen and oxygen atoms in total. The first-order chi connectivity index (χ1) is 16.6. The molecule has 0 saturated heterocycles. The molecule has 4 aromatic rings. The minimum absolute atomic E-state index is 0.0492. The summed E-state index contributed by atoms with van der Waals surface area (Å²) in [5.74, 6) is 2.35. The van der Waals surface area contributed by atoms with E-state index >= 15 is 0 Å². The molecule has 1 amide bonds. The van der Waals surface area contributed by atoms with Gasteiger partial charge in [-0.2, -0.15) is 5.10 Å². The van der Waals surface area contributed by atoms with Crippen LogP contribution in [0.5, 0.6) is 11.5 Å². The third-order valence-electron chi connectivity index (χ3n) is 6.44. The van der Waals surface area contributed by atoms with Crippen LogP contribution in [0.1, 0.15) is 27.9 Å². The van der Waals surface area contributed by atoms with Crippen molar-refractivity contribution in [1.82, 2.24) is 19.2 Å². The Hall–Kier alpha value is -4.26. The maximum absolute atomic E-state index is 13.0. The van der Waals surface area contributed by atoms with Crippen LogP contribution < -0.4 is 9.47 Å². The molecule has 0 radical (unpaired) electrons. The van der Waals surface area contributed by atoms with Crippen molar-refractivity contribution >= 4 is 12.0 Å². The molecule has 0 saturated carbocycles. The summed E-state index contributed by atoms with van der Waals surface area (Å²) in [7, 11) is 0. The van der Waals surface area contributed by atoms with Gasteiger partial charge in [0.05, 0.1) is 24.5 Å². The Morgan fingerprint density at radius 3 is 2.62 bits per heavy atom. The fourth-order valence-electron chi connectivity index (χ4n) is 4.43. The van der Waals surface area contributed by atoms with Gasteiger partial charge in [-0.3, -0.25) is 4.79 Å². The zero-order valence-corrected chi connectivity index (χ0v) is 19.1. The number of amides is 1. The van der Waals surface area contributed by atoms with Crippen LogP contribution in [0.15, 0.2) is 67.0 Å². The molecule has 0 aliphatic carbocycles. The molecule has 7 heteroatoms. The molecule has 0 bridgehead atoms. The molecule has 0 unspecified atom stereocenters. The second-order valence-electron chi connectivity index (χ2n) is 8.66. The highest BCUT2D eigenvalue weighted by Gasteiger charge is 2.30. The fraction of sp³-hybridized carbons (Fsp3) is 0.185. The minimum atomic E-state index is -0.0492. The summed E-state index contributed by atoms with van der Waals surface area (Å²) in [5, 5.41) is 4.93. The van der Waals surface area contributed by atoms with Crippen molar-refractivity contribution in [3.05, 3.63) is 94.9 Å². The van der Waals surface area contributed by atoms with Crippen molar-refractivity contribution in [3.63, 3.8) is 0 Å². The van der Waals surface area contributed by atoms with Gasteiger partial charge in [-0.05, 0) is 73.0 Å². The summed E-state index contributed by atoms with van der Waals surface area (Å²) < 4.78 is 14.8. The number of aromatic nitrogens is 3. The number of carbonyl (C=O) groups excluding carboxylic acids is 1. The molecule has 34 heavy (non-hydrogen) atoms. The predicted molar refractivity (Wildman–Crippen MR) is 128 cm³/mol. The summed E-state index contributed by atoms with van der Waals surface area (Å²) in [6.45, 7) is 5.44. The average molecular weight is 453 g/mol. The lowest BCUT2D eigenvalue weighted by Crippen LogP contribution is -2.24.